The summed E-state index contributed by atoms with van der Waals surface area (Å²) in [6.07, 6.45) is 3.68. The maximum Gasteiger partial charge on any atom is 0.331 e. The molecule has 2 heterocycles. The van der Waals surface area contributed by atoms with Gasteiger partial charge < -0.3 is 14.8 Å². The summed E-state index contributed by atoms with van der Waals surface area (Å²) in [5.41, 5.74) is 3.47. The maximum absolute atomic E-state index is 13.2. The Morgan fingerprint density at radius 3 is 2.44 bits per heavy atom. The summed E-state index contributed by atoms with van der Waals surface area (Å²) in [6.45, 7) is 0. The first-order valence-electron chi connectivity index (χ1n) is 12.2. The number of benzene rings is 3. The van der Waals surface area contributed by atoms with Crippen LogP contribution in [0.5, 0.6) is 5.75 Å². The van der Waals surface area contributed by atoms with Crippen molar-refractivity contribution in [2.75, 3.05) is 12.4 Å². The van der Waals surface area contributed by atoms with E-state index in [1.165, 1.54) is 6.08 Å². The molecule has 0 aliphatic carbocycles. The van der Waals surface area contributed by atoms with Crippen molar-refractivity contribution in [1.82, 2.24) is 9.78 Å². The van der Waals surface area contributed by atoms with Crippen LogP contribution in [0.4, 0.5) is 5.69 Å². The predicted molar refractivity (Wildman–Crippen MR) is 153 cm³/mol. The van der Waals surface area contributed by atoms with Gasteiger partial charge in [-0.1, -0.05) is 60.7 Å². The molecular formula is C31H25N3O4S. The van der Waals surface area contributed by atoms with Crippen molar-refractivity contribution >= 4 is 35.0 Å². The van der Waals surface area contributed by atoms with Gasteiger partial charge in [0.2, 0.25) is 6.10 Å². The van der Waals surface area contributed by atoms with Gasteiger partial charge in [0, 0.05) is 35.2 Å². The smallest absolute Gasteiger partial charge is 0.331 e. The third kappa shape index (κ3) is 6.31. The number of ether oxygens (including phenoxy) is 2. The predicted octanol–water partition coefficient (Wildman–Crippen LogP) is 6.55. The summed E-state index contributed by atoms with van der Waals surface area (Å²) >= 11 is 1.56. The van der Waals surface area contributed by atoms with E-state index in [-0.39, 0.29) is 0 Å². The number of nitrogens with zero attached hydrogens (tertiary/aromatic N) is 2. The molecule has 3 aromatic carbocycles. The molecule has 1 amide bonds. The average molecular weight is 536 g/mol. The standard InChI is InChI=1S/C31H25N3O4S/c1-37-26-15-8-12-24(20-26)32-31(36)30(22-10-4-2-5-11-22)38-28(35)18-17-23-21-34(25-13-6-3-7-14-25)33-29(23)27-16-9-19-39-27/h2-21,30H,1H3,(H,32,36). The molecule has 0 saturated carbocycles. The quantitative estimate of drug-likeness (QED) is 0.171. The van der Waals surface area contributed by atoms with Crippen molar-refractivity contribution in [3.05, 3.63) is 126 Å². The van der Waals surface area contributed by atoms with Crippen LogP contribution < -0.4 is 10.1 Å². The fourth-order valence-corrected chi connectivity index (χ4v) is 4.68. The van der Waals surface area contributed by atoms with E-state index in [0.29, 0.717) is 17.0 Å². The van der Waals surface area contributed by atoms with E-state index in [0.717, 1.165) is 21.8 Å². The summed E-state index contributed by atoms with van der Waals surface area (Å²) in [5.74, 6) is -0.539. The minimum absolute atomic E-state index is 0.479. The lowest BCUT2D eigenvalue weighted by Crippen LogP contribution is -2.25. The van der Waals surface area contributed by atoms with Crippen molar-refractivity contribution in [3.8, 4) is 22.0 Å². The largest absolute Gasteiger partial charge is 0.497 e. The van der Waals surface area contributed by atoms with E-state index >= 15 is 0 Å². The second kappa shape index (κ2) is 12.1. The summed E-state index contributed by atoms with van der Waals surface area (Å²) in [4.78, 5) is 27.2. The Labute approximate surface area is 230 Å². The van der Waals surface area contributed by atoms with Gasteiger partial charge >= 0.3 is 5.97 Å². The van der Waals surface area contributed by atoms with Crippen molar-refractivity contribution in [3.63, 3.8) is 0 Å². The first kappa shape index (κ1) is 25.7. The number of aromatic nitrogens is 2. The van der Waals surface area contributed by atoms with Gasteiger partial charge in [0.15, 0.2) is 0 Å². The summed E-state index contributed by atoms with van der Waals surface area (Å²) in [6, 6.07) is 29.5. The van der Waals surface area contributed by atoms with Gasteiger partial charge in [-0.3, -0.25) is 4.79 Å². The molecule has 0 saturated heterocycles. The van der Waals surface area contributed by atoms with Gasteiger partial charge in [0.1, 0.15) is 11.4 Å². The minimum Gasteiger partial charge on any atom is -0.497 e. The molecule has 1 unspecified atom stereocenters. The molecule has 0 aliphatic heterocycles. The van der Waals surface area contributed by atoms with Crippen LogP contribution in [0.15, 0.2) is 115 Å². The molecule has 0 bridgehead atoms. The van der Waals surface area contributed by atoms with Gasteiger partial charge in [-0.05, 0) is 41.8 Å². The van der Waals surface area contributed by atoms with Gasteiger partial charge in [0.25, 0.3) is 5.91 Å². The molecule has 7 nitrogen and oxygen atoms in total. The third-order valence-corrected chi connectivity index (χ3v) is 6.71. The van der Waals surface area contributed by atoms with E-state index in [4.69, 9.17) is 14.6 Å². The second-order valence-corrected chi connectivity index (χ2v) is 9.42. The number of esters is 1. The monoisotopic (exact) mass is 535 g/mol. The molecule has 39 heavy (non-hydrogen) atoms. The Balaban J connectivity index is 1.38. The van der Waals surface area contributed by atoms with Crippen molar-refractivity contribution in [2.45, 2.75) is 6.10 Å². The van der Waals surface area contributed by atoms with Crippen molar-refractivity contribution in [1.29, 1.82) is 0 Å². The summed E-state index contributed by atoms with van der Waals surface area (Å²) in [7, 11) is 1.55. The van der Waals surface area contributed by atoms with Crippen LogP contribution >= 0.6 is 11.3 Å². The SMILES string of the molecule is COc1cccc(NC(=O)C(OC(=O)C=Cc2cn(-c3ccccc3)nc2-c2cccs2)c2ccccc2)c1. The summed E-state index contributed by atoms with van der Waals surface area (Å²) < 4.78 is 12.7. The Morgan fingerprint density at radius 2 is 1.72 bits per heavy atom. The highest BCUT2D eigenvalue weighted by atomic mass is 32.1. The molecule has 0 radical (unpaired) electrons. The molecule has 5 aromatic rings. The maximum atomic E-state index is 13.2. The van der Waals surface area contributed by atoms with Crippen LogP contribution in [-0.2, 0) is 14.3 Å². The Hall–Kier alpha value is -4.95. The number of thiophene rings is 1. The number of carbonyl (C=O) groups excluding carboxylic acids is 2. The molecule has 5 rings (SSSR count). The zero-order valence-electron chi connectivity index (χ0n) is 21.1. The first-order valence-corrected chi connectivity index (χ1v) is 13.1. The Bertz CT molecular complexity index is 1580. The van der Waals surface area contributed by atoms with Crippen LogP contribution in [0, 0.1) is 0 Å². The highest BCUT2D eigenvalue weighted by molar-refractivity contribution is 7.13. The molecule has 0 fully saturated rings. The van der Waals surface area contributed by atoms with Crippen LogP contribution in [0.2, 0.25) is 0 Å². The molecule has 0 aliphatic rings. The zero-order chi connectivity index (χ0) is 27.0. The van der Waals surface area contributed by atoms with Gasteiger partial charge in [-0.2, -0.15) is 5.10 Å². The normalized spacial score (nSPS) is 11.7. The van der Waals surface area contributed by atoms with Crippen LogP contribution in [0.1, 0.15) is 17.2 Å². The number of para-hydroxylation sites is 1. The number of amides is 1. The number of anilines is 1. The summed E-state index contributed by atoms with van der Waals surface area (Å²) in [5, 5.41) is 9.54. The zero-order valence-corrected chi connectivity index (χ0v) is 21.9. The number of hydrogen-bond donors (Lipinski definition) is 1. The van der Waals surface area contributed by atoms with Gasteiger partial charge in [-0.25, -0.2) is 9.48 Å². The molecule has 2 aromatic heterocycles. The van der Waals surface area contributed by atoms with Crippen molar-refractivity contribution in [2.24, 2.45) is 0 Å². The fraction of sp³-hybridized carbons (Fsp3) is 0.0645. The average Bonchev–Trinajstić information content (AvgIpc) is 3.66. The first-order chi connectivity index (χ1) is 19.1. The topological polar surface area (TPSA) is 82.5 Å². The minimum atomic E-state index is -1.15. The van der Waals surface area contributed by atoms with E-state index in [9.17, 15) is 9.59 Å². The number of methoxy groups -OCH3 is 1. The molecule has 194 valence electrons. The second-order valence-electron chi connectivity index (χ2n) is 8.47. The van der Waals surface area contributed by atoms with E-state index in [1.807, 2.05) is 60.1 Å². The van der Waals surface area contributed by atoms with E-state index in [1.54, 1.807) is 77.7 Å². The molecule has 1 N–H and O–H groups in total. The lowest BCUT2D eigenvalue weighted by atomic mass is 10.1. The lowest BCUT2D eigenvalue weighted by Gasteiger charge is -2.17. The number of nitrogens with one attached hydrogen (secondary N) is 1. The molecule has 8 heteroatoms. The lowest BCUT2D eigenvalue weighted by molar-refractivity contribution is -0.149. The van der Waals surface area contributed by atoms with Crippen LogP contribution in [-0.4, -0.2) is 28.8 Å². The van der Waals surface area contributed by atoms with E-state index < -0.39 is 18.0 Å². The molecular weight excluding hydrogens is 510 g/mol. The Kier molecular flexibility index (Phi) is 7.95. The third-order valence-electron chi connectivity index (χ3n) is 5.83. The van der Waals surface area contributed by atoms with Gasteiger partial charge in [-0.15, -0.1) is 11.3 Å². The number of rotatable bonds is 9. The van der Waals surface area contributed by atoms with Crippen LogP contribution in [0.25, 0.3) is 22.3 Å². The molecule has 0 spiro atoms. The number of hydrogen-bond acceptors (Lipinski definition) is 6. The fourth-order valence-electron chi connectivity index (χ4n) is 3.95. The Morgan fingerprint density at radius 1 is 0.949 bits per heavy atom. The van der Waals surface area contributed by atoms with Gasteiger partial charge in [0.05, 0.1) is 17.7 Å². The van der Waals surface area contributed by atoms with E-state index in [2.05, 4.69) is 5.32 Å². The highest BCUT2D eigenvalue weighted by Crippen LogP contribution is 2.29. The van der Waals surface area contributed by atoms with Crippen LogP contribution in [0.3, 0.4) is 0 Å². The molecule has 1 atom stereocenters. The number of carbonyl (C=O) groups is 2. The van der Waals surface area contributed by atoms with Crippen molar-refractivity contribution < 1.29 is 19.1 Å². The highest BCUT2D eigenvalue weighted by Gasteiger charge is 2.24.